The van der Waals surface area contributed by atoms with Crippen molar-refractivity contribution < 1.29 is 4.79 Å². The predicted octanol–water partition coefficient (Wildman–Crippen LogP) is 0.760. The highest BCUT2D eigenvalue weighted by Crippen LogP contribution is 2.21. The Morgan fingerprint density at radius 1 is 1.33 bits per heavy atom. The number of rotatable bonds is 2. The third-order valence-corrected chi connectivity index (χ3v) is 3.15. The third-order valence-electron chi connectivity index (χ3n) is 3.15. The standard InChI is InChI=1S/C12H13N5O/c18-12(11-3-1-2-5-13-11)16-7-4-10(9-16)17-8-6-14-15-17/h1-3,5-6,8,10H,4,7,9H2/t10-/m1/s1. The first-order chi connectivity index (χ1) is 8.84. The molecule has 0 bridgehead atoms. The molecule has 0 unspecified atom stereocenters. The van der Waals surface area contributed by atoms with E-state index in [1.54, 1.807) is 24.5 Å². The average Bonchev–Trinajstić information content (AvgIpc) is 3.09. The molecule has 0 N–H and O–H groups in total. The molecule has 0 aromatic carbocycles. The van der Waals surface area contributed by atoms with E-state index in [-0.39, 0.29) is 11.9 Å². The zero-order chi connectivity index (χ0) is 12.4. The van der Waals surface area contributed by atoms with Gasteiger partial charge in [-0.25, -0.2) is 4.68 Å². The summed E-state index contributed by atoms with van der Waals surface area (Å²) in [5.41, 5.74) is 0.497. The zero-order valence-corrected chi connectivity index (χ0v) is 9.81. The monoisotopic (exact) mass is 243 g/mol. The van der Waals surface area contributed by atoms with Crippen LogP contribution in [0.1, 0.15) is 23.0 Å². The van der Waals surface area contributed by atoms with Crippen molar-refractivity contribution in [3.63, 3.8) is 0 Å². The van der Waals surface area contributed by atoms with Crippen LogP contribution < -0.4 is 0 Å². The van der Waals surface area contributed by atoms with Gasteiger partial charge in [-0.15, -0.1) is 5.10 Å². The summed E-state index contributed by atoms with van der Waals surface area (Å²) in [5.74, 6) is -0.0155. The maximum absolute atomic E-state index is 12.2. The van der Waals surface area contributed by atoms with Gasteiger partial charge in [-0.3, -0.25) is 9.78 Å². The number of hydrogen-bond acceptors (Lipinski definition) is 4. The number of aromatic nitrogens is 4. The lowest BCUT2D eigenvalue weighted by Crippen LogP contribution is -2.29. The van der Waals surface area contributed by atoms with Crippen molar-refractivity contribution in [2.45, 2.75) is 12.5 Å². The molecule has 3 rings (SSSR count). The van der Waals surface area contributed by atoms with Gasteiger partial charge in [-0.05, 0) is 18.6 Å². The number of carbonyl (C=O) groups excluding carboxylic acids is 1. The SMILES string of the molecule is O=C(c1ccccn1)N1CC[C@@H](n2ccnn2)C1. The van der Waals surface area contributed by atoms with E-state index in [1.165, 1.54) is 0 Å². The fourth-order valence-corrected chi connectivity index (χ4v) is 2.21. The Morgan fingerprint density at radius 3 is 3.00 bits per heavy atom. The predicted molar refractivity (Wildman–Crippen MR) is 63.8 cm³/mol. The van der Waals surface area contributed by atoms with Crippen molar-refractivity contribution in [1.82, 2.24) is 24.9 Å². The summed E-state index contributed by atoms with van der Waals surface area (Å²) in [4.78, 5) is 18.1. The summed E-state index contributed by atoms with van der Waals surface area (Å²) in [7, 11) is 0. The number of carbonyl (C=O) groups is 1. The summed E-state index contributed by atoms with van der Waals surface area (Å²) >= 11 is 0. The molecular weight excluding hydrogens is 230 g/mol. The highest BCUT2D eigenvalue weighted by atomic mass is 16.2. The zero-order valence-electron chi connectivity index (χ0n) is 9.81. The van der Waals surface area contributed by atoms with Gasteiger partial charge in [-0.2, -0.15) is 0 Å². The van der Waals surface area contributed by atoms with E-state index in [0.29, 0.717) is 12.2 Å². The molecule has 6 heteroatoms. The maximum Gasteiger partial charge on any atom is 0.272 e. The fraction of sp³-hybridized carbons (Fsp3) is 0.333. The van der Waals surface area contributed by atoms with Crippen LogP contribution in [-0.4, -0.2) is 43.9 Å². The molecule has 1 saturated heterocycles. The Hall–Kier alpha value is -2.24. The lowest BCUT2D eigenvalue weighted by molar-refractivity contribution is 0.0781. The molecule has 18 heavy (non-hydrogen) atoms. The van der Waals surface area contributed by atoms with E-state index >= 15 is 0 Å². The average molecular weight is 243 g/mol. The van der Waals surface area contributed by atoms with Crippen molar-refractivity contribution in [3.05, 3.63) is 42.5 Å². The van der Waals surface area contributed by atoms with Crippen LogP contribution in [0.4, 0.5) is 0 Å². The third kappa shape index (κ3) is 1.97. The molecule has 1 atom stereocenters. The topological polar surface area (TPSA) is 63.9 Å². The first-order valence-electron chi connectivity index (χ1n) is 5.91. The van der Waals surface area contributed by atoms with Crippen molar-refractivity contribution in [3.8, 4) is 0 Å². The van der Waals surface area contributed by atoms with Crippen molar-refractivity contribution in [2.24, 2.45) is 0 Å². The van der Waals surface area contributed by atoms with E-state index in [1.807, 2.05) is 21.8 Å². The van der Waals surface area contributed by atoms with Gasteiger partial charge in [0.05, 0.1) is 12.2 Å². The maximum atomic E-state index is 12.2. The first kappa shape index (κ1) is 10.9. The van der Waals surface area contributed by atoms with E-state index in [2.05, 4.69) is 15.3 Å². The summed E-state index contributed by atoms with van der Waals surface area (Å²) in [5, 5.41) is 7.77. The molecule has 6 nitrogen and oxygen atoms in total. The van der Waals surface area contributed by atoms with Gasteiger partial charge in [0.25, 0.3) is 5.91 Å². The molecule has 0 aliphatic carbocycles. The minimum atomic E-state index is -0.0155. The largest absolute Gasteiger partial charge is 0.335 e. The highest BCUT2D eigenvalue weighted by molar-refractivity contribution is 5.92. The van der Waals surface area contributed by atoms with Gasteiger partial charge in [0.2, 0.25) is 0 Å². The molecule has 0 spiro atoms. The highest BCUT2D eigenvalue weighted by Gasteiger charge is 2.28. The molecule has 0 saturated carbocycles. The number of nitrogens with zero attached hydrogens (tertiary/aromatic N) is 5. The Bertz CT molecular complexity index is 525. The van der Waals surface area contributed by atoms with E-state index in [4.69, 9.17) is 0 Å². The first-order valence-corrected chi connectivity index (χ1v) is 5.91. The fourth-order valence-electron chi connectivity index (χ4n) is 2.21. The molecule has 0 radical (unpaired) electrons. The van der Waals surface area contributed by atoms with Crippen LogP contribution in [0, 0.1) is 0 Å². The second-order valence-corrected chi connectivity index (χ2v) is 4.29. The van der Waals surface area contributed by atoms with Crippen LogP contribution >= 0.6 is 0 Å². The molecular formula is C12H13N5O. The summed E-state index contributed by atoms with van der Waals surface area (Å²) in [6.45, 7) is 1.40. The summed E-state index contributed by atoms with van der Waals surface area (Å²) in [6.07, 6.45) is 6.03. The van der Waals surface area contributed by atoms with Crippen LogP contribution in [0.5, 0.6) is 0 Å². The Labute approximate surface area is 104 Å². The molecule has 1 aliphatic heterocycles. The molecule has 2 aromatic heterocycles. The van der Waals surface area contributed by atoms with Crippen LogP contribution in [0.3, 0.4) is 0 Å². The van der Waals surface area contributed by atoms with Gasteiger partial charge in [0, 0.05) is 25.5 Å². The summed E-state index contributed by atoms with van der Waals surface area (Å²) < 4.78 is 1.81. The van der Waals surface area contributed by atoms with Crippen LogP contribution in [0.15, 0.2) is 36.8 Å². The molecule has 92 valence electrons. The van der Waals surface area contributed by atoms with E-state index < -0.39 is 0 Å². The normalized spacial score (nSPS) is 19.1. The quantitative estimate of drug-likeness (QED) is 0.781. The smallest absolute Gasteiger partial charge is 0.272 e. The molecule has 2 aromatic rings. The van der Waals surface area contributed by atoms with Crippen LogP contribution in [0.2, 0.25) is 0 Å². The van der Waals surface area contributed by atoms with Crippen molar-refractivity contribution in [1.29, 1.82) is 0 Å². The van der Waals surface area contributed by atoms with Crippen LogP contribution in [0.25, 0.3) is 0 Å². The minimum absolute atomic E-state index is 0.0155. The lowest BCUT2D eigenvalue weighted by atomic mass is 10.3. The minimum Gasteiger partial charge on any atom is -0.335 e. The molecule has 3 heterocycles. The second-order valence-electron chi connectivity index (χ2n) is 4.29. The molecule has 1 amide bonds. The van der Waals surface area contributed by atoms with Crippen molar-refractivity contribution >= 4 is 5.91 Å². The van der Waals surface area contributed by atoms with Crippen molar-refractivity contribution in [2.75, 3.05) is 13.1 Å². The van der Waals surface area contributed by atoms with Gasteiger partial charge < -0.3 is 4.90 Å². The van der Waals surface area contributed by atoms with Crippen LogP contribution in [-0.2, 0) is 0 Å². The Balaban J connectivity index is 1.71. The number of likely N-dealkylation sites (tertiary alicyclic amines) is 1. The van der Waals surface area contributed by atoms with E-state index in [0.717, 1.165) is 13.0 Å². The lowest BCUT2D eigenvalue weighted by Gasteiger charge is -2.15. The number of pyridine rings is 1. The van der Waals surface area contributed by atoms with Gasteiger partial charge in [0.15, 0.2) is 0 Å². The molecule has 1 aliphatic rings. The van der Waals surface area contributed by atoms with Gasteiger partial charge >= 0.3 is 0 Å². The van der Waals surface area contributed by atoms with Gasteiger partial charge in [0.1, 0.15) is 5.69 Å². The summed E-state index contributed by atoms with van der Waals surface area (Å²) in [6, 6.07) is 5.59. The van der Waals surface area contributed by atoms with E-state index in [9.17, 15) is 4.79 Å². The molecule has 1 fully saturated rings. The second kappa shape index (κ2) is 4.56. The number of amides is 1. The Kier molecular flexibility index (Phi) is 2.76. The number of hydrogen-bond donors (Lipinski definition) is 0. The Morgan fingerprint density at radius 2 is 2.28 bits per heavy atom. The van der Waals surface area contributed by atoms with Gasteiger partial charge in [-0.1, -0.05) is 11.3 Å².